The molecule has 1 atom stereocenters. The largest absolute Gasteiger partial charge is 0.396 e. The third-order valence-electron chi connectivity index (χ3n) is 2.93. The van der Waals surface area contributed by atoms with Gasteiger partial charge in [-0.05, 0) is 5.56 Å². The minimum Gasteiger partial charge on any atom is -0.396 e. The average Bonchev–Trinajstić information content (AvgIpc) is 2.46. The van der Waals surface area contributed by atoms with Gasteiger partial charge in [0.15, 0.2) is 5.96 Å². The van der Waals surface area contributed by atoms with Crippen LogP contribution in [-0.2, 0) is 0 Å². The van der Waals surface area contributed by atoms with Crippen molar-refractivity contribution in [2.24, 2.45) is 4.99 Å². The number of aliphatic hydroxyl groups is 1. The fraction of sp³-hybridized carbons (Fsp3) is 0.500. The Balaban J connectivity index is 2.43. The third kappa shape index (κ3) is 6.99. The standard InChI is InChI=1S/C14H20F3N3O/c1-18-13(19-8-7-14(15,16)17)20-9-12(10-21)11-5-3-2-4-6-11/h2-6,12,21H,7-10H2,1H3,(H2,18,19,20). The Labute approximate surface area is 122 Å². The van der Waals surface area contributed by atoms with Crippen LogP contribution in [-0.4, -0.2) is 44.0 Å². The van der Waals surface area contributed by atoms with E-state index in [2.05, 4.69) is 15.6 Å². The van der Waals surface area contributed by atoms with E-state index in [1.54, 1.807) is 0 Å². The number of benzene rings is 1. The van der Waals surface area contributed by atoms with Crippen LogP contribution < -0.4 is 10.6 Å². The lowest BCUT2D eigenvalue weighted by Crippen LogP contribution is -2.41. The van der Waals surface area contributed by atoms with Gasteiger partial charge < -0.3 is 15.7 Å². The summed E-state index contributed by atoms with van der Waals surface area (Å²) in [4.78, 5) is 3.85. The molecule has 3 N–H and O–H groups in total. The fourth-order valence-electron chi connectivity index (χ4n) is 1.78. The molecule has 1 aromatic carbocycles. The molecule has 0 bridgehead atoms. The number of guanidine groups is 1. The first kappa shape index (κ1) is 17.3. The Kier molecular flexibility index (Phi) is 7.01. The lowest BCUT2D eigenvalue weighted by Gasteiger charge is -2.18. The number of halogens is 3. The van der Waals surface area contributed by atoms with Crippen molar-refractivity contribution >= 4 is 5.96 Å². The molecule has 0 radical (unpaired) electrons. The van der Waals surface area contributed by atoms with Crippen molar-refractivity contribution in [1.82, 2.24) is 10.6 Å². The van der Waals surface area contributed by atoms with Crippen molar-refractivity contribution in [3.8, 4) is 0 Å². The number of nitrogens with zero attached hydrogens (tertiary/aromatic N) is 1. The minimum absolute atomic E-state index is 0.0590. The molecule has 0 fully saturated rings. The minimum atomic E-state index is -4.19. The topological polar surface area (TPSA) is 56.7 Å². The predicted octanol–water partition coefficient (Wildman–Crippen LogP) is 1.88. The van der Waals surface area contributed by atoms with Gasteiger partial charge in [0, 0.05) is 26.1 Å². The van der Waals surface area contributed by atoms with E-state index in [1.807, 2.05) is 30.3 Å². The molecular formula is C14H20F3N3O. The molecule has 7 heteroatoms. The zero-order valence-corrected chi connectivity index (χ0v) is 11.8. The maximum atomic E-state index is 12.1. The highest BCUT2D eigenvalue weighted by atomic mass is 19.4. The van der Waals surface area contributed by atoms with Crippen LogP contribution in [0.4, 0.5) is 13.2 Å². The molecule has 118 valence electrons. The Hall–Kier alpha value is -1.76. The van der Waals surface area contributed by atoms with Gasteiger partial charge in [-0.1, -0.05) is 30.3 Å². The molecule has 1 unspecified atom stereocenters. The quantitative estimate of drug-likeness (QED) is 0.555. The maximum absolute atomic E-state index is 12.1. The lowest BCUT2D eigenvalue weighted by atomic mass is 10.0. The lowest BCUT2D eigenvalue weighted by molar-refractivity contribution is -0.132. The van der Waals surface area contributed by atoms with Crippen LogP contribution in [0.1, 0.15) is 17.9 Å². The van der Waals surface area contributed by atoms with Gasteiger partial charge in [-0.15, -0.1) is 0 Å². The summed E-state index contributed by atoms with van der Waals surface area (Å²) in [6.07, 6.45) is -5.11. The van der Waals surface area contributed by atoms with Gasteiger partial charge in [0.05, 0.1) is 13.0 Å². The normalized spacial score (nSPS) is 13.9. The first-order valence-electron chi connectivity index (χ1n) is 6.63. The number of hydrogen-bond acceptors (Lipinski definition) is 2. The Morgan fingerprint density at radius 1 is 1.24 bits per heavy atom. The zero-order valence-electron chi connectivity index (χ0n) is 11.8. The van der Waals surface area contributed by atoms with E-state index >= 15 is 0 Å². The molecule has 1 rings (SSSR count). The zero-order chi connectivity index (χ0) is 15.7. The van der Waals surface area contributed by atoms with Crippen molar-refractivity contribution < 1.29 is 18.3 Å². The van der Waals surface area contributed by atoms with Crippen LogP contribution in [0.15, 0.2) is 35.3 Å². The van der Waals surface area contributed by atoms with Gasteiger partial charge in [0.2, 0.25) is 0 Å². The summed E-state index contributed by atoms with van der Waals surface area (Å²) in [5.41, 5.74) is 0.957. The van der Waals surface area contributed by atoms with E-state index in [4.69, 9.17) is 0 Å². The van der Waals surface area contributed by atoms with Crippen molar-refractivity contribution in [2.75, 3.05) is 26.7 Å². The van der Waals surface area contributed by atoms with Gasteiger partial charge >= 0.3 is 6.18 Å². The number of aliphatic hydroxyl groups excluding tert-OH is 1. The van der Waals surface area contributed by atoms with E-state index in [0.29, 0.717) is 6.54 Å². The molecule has 1 aromatic rings. The summed E-state index contributed by atoms with van der Waals surface area (Å²) in [6, 6.07) is 9.40. The second-order valence-corrected chi connectivity index (χ2v) is 4.54. The smallest absolute Gasteiger partial charge is 0.390 e. The highest BCUT2D eigenvalue weighted by Gasteiger charge is 2.26. The molecule has 0 saturated carbocycles. The summed E-state index contributed by atoms with van der Waals surface area (Å²) in [5.74, 6) is 0.140. The van der Waals surface area contributed by atoms with E-state index < -0.39 is 12.6 Å². The molecule has 0 heterocycles. The molecule has 21 heavy (non-hydrogen) atoms. The highest BCUT2D eigenvalue weighted by molar-refractivity contribution is 5.79. The summed E-state index contributed by atoms with van der Waals surface area (Å²) in [5, 5.41) is 14.9. The average molecular weight is 303 g/mol. The summed E-state index contributed by atoms with van der Waals surface area (Å²) < 4.78 is 36.2. The van der Waals surface area contributed by atoms with Crippen LogP contribution in [0.3, 0.4) is 0 Å². The molecule has 0 aliphatic rings. The van der Waals surface area contributed by atoms with E-state index in [1.165, 1.54) is 7.05 Å². The Bertz CT molecular complexity index is 435. The number of hydrogen-bond donors (Lipinski definition) is 3. The van der Waals surface area contributed by atoms with Gasteiger partial charge in [-0.25, -0.2) is 0 Å². The number of aliphatic imine (C=N–C) groups is 1. The van der Waals surface area contributed by atoms with Crippen molar-refractivity contribution in [1.29, 1.82) is 0 Å². The molecule has 0 aromatic heterocycles. The molecule has 0 spiro atoms. The van der Waals surface area contributed by atoms with Crippen LogP contribution in [0, 0.1) is 0 Å². The van der Waals surface area contributed by atoms with E-state index in [-0.39, 0.29) is 25.0 Å². The number of rotatable bonds is 6. The maximum Gasteiger partial charge on any atom is 0.390 e. The van der Waals surface area contributed by atoms with Crippen LogP contribution in [0.25, 0.3) is 0 Å². The molecule has 4 nitrogen and oxygen atoms in total. The summed E-state index contributed by atoms with van der Waals surface area (Å²) >= 11 is 0. The predicted molar refractivity (Wildman–Crippen MR) is 76.3 cm³/mol. The van der Waals surface area contributed by atoms with Crippen molar-refractivity contribution in [2.45, 2.75) is 18.5 Å². The SMILES string of the molecule is CN=C(NCCC(F)(F)F)NCC(CO)c1ccccc1. The van der Waals surface area contributed by atoms with Crippen LogP contribution in [0.5, 0.6) is 0 Å². The van der Waals surface area contributed by atoms with Gasteiger partial charge in [0.1, 0.15) is 0 Å². The third-order valence-corrected chi connectivity index (χ3v) is 2.93. The van der Waals surface area contributed by atoms with Gasteiger partial charge in [0.25, 0.3) is 0 Å². The summed E-state index contributed by atoms with van der Waals surface area (Å²) in [6.45, 7) is 0.0844. The highest BCUT2D eigenvalue weighted by Crippen LogP contribution is 2.18. The molecule has 0 aliphatic carbocycles. The van der Waals surface area contributed by atoms with Crippen molar-refractivity contribution in [3.05, 3.63) is 35.9 Å². The van der Waals surface area contributed by atoms with Gasteiger partial charge in [-0.2, -0.15) is 13.2 Å². The second-order valence-electron chi connectivity index (χ2n) is 4.54. The molecule has 0 amide bonds. The van der Waals surface area contributed by atoms with Crippen LogP contribution in [0.2, 0.25) is 0 Å². The first-order chi connectivity index (χ1) is 9.96. The summed E-state index contributed by atoms with van der Waals surface area (Å²) in [7, 11) is 1.49. The second kappa shape index (κ2) is 8.51. The fourth-order valence-corrected chi connectivity index (χ4v) is 1.78. The van der Waals surface area contributed by atoms with Crippen LogP contribution >= 0.6 is 0 Å². The first-order valence-corrected chi connectivity index (χ1v) is 6.63. The monoisotopic (exact) mass is 303 g/mol. The van der Waals surface area contributed by atoms with Crippen molar-refractivity contribution in [3.63, 3.8) is 0 Å². The molecular weight excluding hydrogens is 283 g/mol. The van der Waals surface area contributed by atoms with E-state index in [0.717, 1.165) is 5.56 Å². The Morgan fingerprint density at radius 3 is 2.43 bits per heavy atom. The number of alkyl halides is 3. The van der Waals surface area contributed by atoms with E-state index in [9.17, 15) is 18.3 Å². The Morgan fingerprint density at radius 2 is 1.90 bits per heavy atom. The number of nitrogens with one attached hydrogen (secondary N) is 2. The molecule has 0 aliphatic heterocycles. The molecule has 0 saturated heterocycles. The van der Waals surface area contributed by atoms with Gasteiger partial charge in [-0.3, -0.25) is 4.99 Å².